The number of likely N-dealkylation sites (N-methyl/N-ethyl adjacent to an activating group) is 1. The average Bonchev–Trinajstić information content (AvgIpc) is 3.37. The predicted octanol–water partition coefficient (Wildman–Crippen LogP) is 18.9. The van der Waals surface area contributed by atoms with Crippen molar-refractivity contribution in [2.75, 3.05) is 47.5 Å². The molecule has 0 bridgehead atoms. The maximum absolute atomic E-state index is 12.9. The van der Waals surface area contributed by atoms with E-state index in [0.717, 1.165) is 57.8 Å². The number of nitrogens with zero attached hydrogens (tertiary/aromatic N) is 1. The predicted molar refractivity (Wildman–Crippen MR) is 314 cm³/mol. The lowest BCUT2D eigenvalue weighted by atomic mass is 10.0. The number of rotatable bonds is 59. The standard InChI is InChI=1S/C65H121NO8/c1-6-8-10-12-14-16-18-20-22-24-26-27-28-29-30-31-32-33-34-35-36-38-39-41-43-45-47-49-51-53-55-62(67)72-59-61(60-73-65(64(69)70)71-58-57-66(3,4)5)74-63(68)56-54-52-50-48-46-44-42-40-37-25-23-21-19-17-15-13-11-9-7-2/h15,17,21,23,37,40,61,65H,6-14,16,18-20,22,24-36,38-39,41-60H2,1-5H3/p+1/b17-15-,23-21-,40-37-. The van der Waals surface area contributed by atoms with Crippen molar-refractivity contribution in [2.45, 2.75) is 315 Å². The van der Waals surface area contributed by atoms with Gasteiger partial charge in [0.1, 0.15) is 13.2 Å². The van der Waals surface area contributed by atoms with Crippen molar-refractivity contribution in [3.8, 4) is 0 Å². The monoisotopic (exact) mass is 1040 g/mol. The summed E-state index contributed by atoms with van der Waals surface area (Å²) in [5.74, 6) is -2.00. The van der Waals surface area contributed by atoms with Gasteiger partial charge in [-0.2, -0.15) is 0 Å². The third kappa shape index (κ3) is 57.2. The van der Waals surface area contributed by atoms with Crippen LogP contribution in [0.4, 0.5) is 0 Å². The molecule has 0 aliphatic heterocycles. The molecule has 9 nitrogen and oxygen atoms in total. The summed E-state index contributed by atoms with van der Waals surface area (Å²) in [7, 11) is 5.97. The number of unbranched alkanes of at least 4 members (excludes halogenated alkanes) is 38. The van der Waals surface area contributed by atoms with Crippen molar-refractivity contribution >= 4 is 17.9 Å². The van der Waals surface area contributed by atoms with E-state index in [1.54, 1.807) is 0 Å². The Balaban J connectivity index is 4.11. The average molecular weight is 1050 g/mol. The molecule has 0 spiro atoms. The van der Waals surface area contributed by atoms with Crippen LogP contribution in [0.25, 0.3) is 0 Å². The topological polar surface area (TPSA) is 108 Å². The van der Waals surface area contributed by atoms with Gasteiger partial charge in [0.25, 0.3) is 6.29 Å². The van der Waals surface area contributed by atoms with E-state index < -0.39 is 24.3 Å². The number of ether oxygens (including phenoxy) is 4. The number of aliphatic carboxylic acids is 1. The second-order valence-corrected chi connectivity index (χ2v) is 22.7. The molecule has 74 heavy (non-hydrogen) atoms. The minimum Gasteiger partial charge on any atom is -0.477 e. The molecule has 0 aromatic heterocycles. The molecule has 0 rings (SSSR count). The van der Waals surface area contributed by atoms with Crippen LogP contribution in [0.2, 0.25) is 0 Å². The molecule has 0 saturated carbocycles. The smallest absolute Gasteiger partial charge is 0.361 e. The minimum atomic E-state index is -1.51. The van der Waals surface area contributed by atoms with Gasteiger partial charge in [0, 0.05) is 12.8 Å². The van der Waals surface area contributed by atoms with Gasteiger partial charge >= 0.3 is 17.9 Å². The van der Waals surface area contributed by atoms with Gasteiger partial charge in [0.05, 0.1) is 34.4 Å². The Bertz CT molecular complexity index is 1310. The molecule has 0 amide bonds. The fourth-order valence-corrected chi connectivity index (χ4v) is 9.26. The van der Waals surface area contributed by atoms with Crippen LogP contribution in [0.5, 0.6) is 0 Å². The van der Waals surface area contributed by atoms with Crippen molar-refractivity contribution in [3.05, 3.63) is 36.5 Å². The summed E-state index contributed by atoms with van der Waals surface area (Å²) in [6, 6.07) is 0. The molecule has 1 N–H and O–H groups in total. The van der Waals surface area contributed by atoms with Gasteiger partial charge in [-0.05, 0) is 51.4 Å². The molecule has 0 heterocycles. The number of esters is 2. The Labute approximate surface area is 458 Å². The fraction of sp³-hybridized carbons (Fsp3) is 0.862. The molecule has 9 heteroatoms. The normalized spacial score (nSPS) is 12.9. The molecule has 0 radical (unpaired) electrons. The van der Waals surface area contributed by atoms with E-state index >= 15 is 0 Å². The highest BCUT2D eigenvalue weighted by Gasteiger charge is 2.25. The summed E-state index contributed by atoms with van der Waals surface area (Å²) >= 11 is 0. The zero-order valence-corrected chi connectivity index (χ0v) is 49.5. The highest BCUT2D eigenvalue weighted by molar-refractivity contribution is 5.71. The van der Waals surface area contributed by atoms with Gasteiger partial charge in [0.15, 0.2) is 6.10 Å². The molecule has 0 saturated heterocycles. The molecule has 2 atom stereocenters. The summed E-state index contributed by atoms with van der Waals surface area (Å²) < 4.78 is 22.9. The first-order valence-corrected chi connectivity index (χ1v) is 31.7. The fourth-order valence-electron chi connectivity index (χ4n) is 9.26. The van der Waals surface area contributed by atoms with E-state index in [1.165, 1.54) is 212 Å². The van der Waals surface area contributed by atoms with Crippen molar-refractivity contribution in [2.24, 2.45) is 0 Å². The summed E-state index contributed by atoms with van der Waals surface area (Å²) in [6.45, 7) is 4.88. The molecule has 2 unspecified atom stereocenters. The second kappa shape index (κ2) is 56.7. The molecule has 0 aromatic rings. The van der Waals surface area contributed by atoms with Gasteiger partial charge in [-0.3, -0.25) is 9.59 Å². The van der Waals surface area contributed by atoms with E-state index in [4.69, 9.17) is 18.9 Å². The Kier molecular flexibility index (Phi) is 54.8. The van der Waals surface area contributed by atoms with Crippen LogP contribution in [0, 0.1) is 0 Å². The van der Waals surface area contributed by atoms with Crippen molar-refractivity contribution in [3.63, 3.8) is 0 Å². The third-order valence-corrected chi connectivity index (χ3v) is 14.1. The van der Waals surface area contributed by atoms with Crippen molar-refractivity contribution in [1.82, 2.24) is 0 Å². The number of hydrogen-bond acceptors (Lipinski definition) is 7. The quantitative estimate of drug-likeness (QED) is 0.0211. The summed E-state index contributed by atoms with van der Waals surface area (Å²) in [5, 5.41) is 9.71. The van der Waals surface area contributed by atoms with Crippen molar-refractivity contribution in [1.29, 1.82) is 0 Å². The van der Waals surface area contributed by atoms with Crippen LogP contribution >= 0.6 is 0 Å². The van der Waals surface area contributed by atoms with Gasteiger partial charge in [-0.15, -0.1) is 0 Å². The van der Waals surface area contributed by atoms with Crippen molar-refractivity contribution < 1.29 is 42.9 Å². The number of hydrogen-bond donors (Lipinski definition) is 1. The van der Waals surface area contributed by atoms with Crippen LogP contribution < -0.4 is 0 Å². The summed E-state index contributed by atoms with van der Waals surface area (Å²) in [6.07, 6.45) is 66.7. The van der Waals surface area contributed by atoms with Gasteiger partial charge in [-0.25, -0.2) is 4.79 Å². The molecular weight excluding hydrogens is 923 g/mol. The van der Waals surface area contributed by atoms with E-state index in [1.807, 2.05) is 21.1 Å². The first-order valence-electron chi connectivity index (χ1n) is 31.7. The van der Waals surface area contributed by atoms with Gasteiger partial charge in [-0.1, -0.05) is 275 Å². The molecule has 0 aliphatic rings. The number of quaternary nitrogens is 1. The lowest BCUT2D eigenvalue weighted by molar-refractivity contribution is -0.870. The summed E-state index contributed by atoms with van der Waals surface area (Å²) in [4.78, 5) is 37.5. The Morgan fingerprint density at radius 3 is 1.11 bits per heavy atom. The van der Waals surface area contributed by atoms with E-state index in [0.29, 0.717) is 23.9 Å². The van der Waals surface area contributed by atoms with Gasteiger partial charge < -0.3 is 28.5 Å². The van der Waals surface area contributed by atoms with Crippen LogP contribution in [0.3, 0.4) is 0 Å². The first kappa shape index (κ1) is 71.5. The molecule has 434 valence electrons. The van der Waals surface area contributed by atoms with E-state index in [-0.39, 0.29) is 32.2 Å². The zero-order valence-electron chi connectivity index (χ0n) is 49.5. The van der Waals surface area contributed by atoms with Gasteiger partial charge in [0.2, 0.25) is 0 Å². The Morgan fingerprint density at radius 2 is 0.730 bits per heavy atom. The molecule has 0 fully saturated rings. The number of carbonyl (C=O) groups is 3. The maximum Gasteiger partial charge on any atom is 0.361 e. The Hall–Kier alpha value is -2.49. The van der Waals surface area contributed by atoms with Crippen LogP contribution in [-0.4, -0.2) is 87.4 Å². The molecule has 0 aliphatic carbocycles. The van der Waals surface area contributed by atoms with Crippen LogP contribution in [0.15, 0.2) is 36.5 Å². The highest BCUT2D eigenvalue weighted by atomic mass is 16.7. The molecular formula is C65H122NO8+. The number of carboxylic acid groups (broad SMARTS) is 1. The summed E-state index contributed by atoms with van der Waals surface area (Å²) in [5.41, 5.74) is 0. The first-order chi connectivity index (χ1) is 36.1. The largest absolute Gasteiger partial charge is 0.477 e. The number of carboxylic acids is 1. The Morgan fingerprint density at radius 1 is 0.405 bits per heavy atom. The zero-order chi connectivity index (χ0) is 54.1. The van der Waals surface area contributed by atoms with E-state index in [9.17, 15) is 19.5 Å². The maximum atomic E-state index is 12.9. The number of allylic oxidation sites excluding steroid dienone is 6. The number of carbonyl (C=O) groups excluding carboxylic acids is 2. The van der Waals surface area contributed by atoms with Crippen LogP contribution in [0.1, 0.15) is 303 Å². The van der Waals surface area contributed by atoms with Crippen LogP contribution in [-0.2, 0) is 33.3 Å². The lowest BCUT2D eigenvalue weighted by Crippen LogP contribution is -2.40. The van der Waals surface area contributed by atoms with E-state index in [2.05, 4.69) is 50.3 Å². The SMILES string of the molecule is CCCCC/C=C\C/C=C\C/C=C\CCCCCCCCC(=O)OC(COC(=O)CCCCCCCCCCCCCCCCCCCCCCCCCCCCCCCC)COC(OCC[N+](C)(C)C)C(=O)O. The highest BCUT2D eigenvalue weighted by Crippen LogP contribution is 2.18. The molecule has 0 aromatic carbocycles. The second-order valence-electron chi connectivity index (χ2n) is 22.7. The third-order valence-electron chi connectivity index (χ3n) is 14.1. The minimum absolute atomic E-state index is 0.184. The lowest BCUT2D eigenvalue weighted by Gasteiger charge is -2.25.